The summed E-state index contributed by atoms with van der Waals surface area (Å²) >= 11 is 11.1. The van der Waals surface area contributed by atoms with Crippen molar-refractivity contribution in [1.29, 1.82) is 0 Å². The number of halogens is 2. The molecule has 0 fully saturated rings. The fourth-order valence-corrected chi connectivity index (χ4v) is 1.57. The summed E-state index contributed by atoms with van der Waals surface area (Å²) in [6, 6.07) is 0. The largest absolute Gasteiger partial charge is 0.466 e. The zero-order valence-electron chi connectivity index (χ0n) is 8.80. The maximum atomic E-state index is 11.0. The van der Waals surface area contributed by atoms with Crippen molar-refractivity contribution in [3.05, 3.63) is 0 Å². The van der Waals surface area contributed by atoms with E-state index < -0.39 is 5.38 Å². The number of unbranched alkanes of at least 4 members (excludes halogenated alkanes) is 1. The molecule has 0 amide bonds. The number of ketones is 1. The molecule has 0 spiro atoms. The lowest BCUT2D eigenvalue weighted by atomic mass is 10.1. The van der Waals surface area contributed by atoms with E-state index in [1.807, 2.05) is 0 Å². The van der Waals surface area contributed by atoms with E-state index in [0.29, 0.717) is 25.9 Å². The normalized spacial score (nSPS) is 12.2. The van der Waals surface area contributed by atoms with Gasteiger partial charge in [-0.25, -0.2) is 0 Å². The first-order valence-corrected chi connectivity index (χ1v) is 5.97. The molecule has 0 aromatic heterocycles. The monoisotopic (exact) mass is 254 g/mol. The van der Waals surface area contributed by atoms with Gasteiger partial charge in [0.25, 0.3) is 0 Å². The van der Waals surface area contributed by atoms with Gasteiger partial charge in [0.1, 0.15) is 0 Å². The first-order chi connectivity index (χ1) is 7.11. The molecule has 0 unspecified atom stereocenters. The summed E-state index contributed by atoms with van der Waals surface area (Å²) in [6.07, 6.45) is 2.37. The lowest BCUT2D eigenvalue weighted by molar-refractivity contribution is -0.143. The molecule has 3 nitrogen and oxygen atoms in total. The number of Topliss-reactive ketones (excluding diaryl/α,β-unsaturated/α-hetero) is 1. The molecular weight excluding hydrogens is 239 g/mol. The highest BCUT2D eigenvalue weighted by atomic mass is 35.5. The lowest BCUT2D eigenvalue weighted by Gasteiger charge is -2.05. The molecule has 0 rings (SSSR count). The van der Waals surface area contributed by atoms with E-state index in [4.69, 9.17) is 27.9 Å². The van der Waals surface area contributed by atoms with Crippen molar-refractivity contribution in [2.24, 2.45) is 0 Å². The SMILES string of the molecule is CCOC(=O)CCCC[C@@H](Cl)C(=O)CCl. The first kappa shape index (κ1) is 14.7. The molecule has 0 bridgehead atoms. The third-order valence-electron chi connectivity index (χ3n) is 1.87. The summed E-state index contributed by atoms with van der Waals surface area (Å²) in [5, 5.41) is -0.523. The minimum absolute atomic E-state index is 0.0496. The zero-order chi connectivity index (χ0) is 11.7. The van der Waals surface area contributed by atoms with Crippen LogP contribution in [0.15, 0.2) is 0 Å². The Kier molecular flexibility index (Phi) is 8.82. The maximum Gasteiger partial charge on any atom is 0.305 e. The Bertz CT molecular complexity index is 207. The van der Waals surface area contributed by atoms with Crippen LogP contribution in [0.1, 0.15) is 32.6 Å². The van der Waals surface area contributed by atoms with E-state index in [-0.39, 0.29) is 17.6 Å². The van der Waals surface area contributed by atoms with Crippen LogP contribution in [0.4, 0.5) is 0 Å². The average Bonchev–Trinajstić information content (AvgIpc) is 2.23. The van der Waals surface area contributed by atoms with E-state index >= 15 is 0 Å². The smallest absolute Gasteiger partial charge is 0.305 e. The van der Waals surface area contributed by atoms with Crippen LogP contribution in [0.5, 0.6) is 0 Å². The molecule has 0 saturated carbocycles. The van der Waals surface area contributed by atoms with E-state index in [1.54, 1.807) is 6.92 Å². The van der Waals surface area contributed by atoms with Crippen LogP contribution < -0.4 is 0 Å². The molecule has 0 aliphatic heterocycles. The van der Waals surface area contributed by atoms with Crippen molar-refractivity contribution in [1.82, 2.24) is 0 Å². The molecule has 1 atom stereocenters. The van der Waals surface area contributed by atoms with Crippen molar-refractivity contribution in [3.63, 3.8) is 0 Å². The van der Waals surface area contributed by atoms with Crippen LogP contribution in [0.2, 0.25) is 0 Å². The Hall–Kier alpha value is -0.280. The fraction of sp³-hybridized carbons (Fsp3) is 0.800. The standard InChI is InChI=1S/C10H16Cl2O3/c1-2-15-10(14)6-4-3-5-8(12)9(13)7-11/h8H,2-7H2,1H3/t8-/m1/s1. The molecule has 0 aliphatic rings. The molecule has 0 radical (unpaired) electrons. The number of carbonyl (C=O) groups excluding carboxylic acids is 2. The molecule has 0 saturated heterocycles. The van der Waals surface area contributed by atoms with Crippen LogP contribution in [-0.4, -0.2) is 29.6 Å². The van der Waals surface area contributed by atoms with Crippen molar-refractivity contribution >= 4 is 35.0 Å². The van der Waals surface area contributed by atoms with Crippen LogP contribution in [-0.2, 0) is 14.3 Å². The van der Waals surface area contributed by atoms with E-state index in [1.165, 1.54) is 0 Å². The Morgan fingerprint density at radius 3 is 2.53 bits per heavy atom. The Morgan fingerprint density at radius 2 is 2.00 bits per heavy atom. The molecule has 5 heteroatoms. The van der Waals surface area contributed by atoms with Gasteiger partial charge in [-0.05, 0) is 19.8 Å². The van der Waals surface area contributed by atoms with Crippen molar-refractivity contribution < 1.29 is 14.3 Å². The fourth-order valence-electron chi connectivity index (χ4n) is 1.07. The van der Waals surface area contributed by atoms with Gasteiger partial charge in [-0.15, -0.1) is 23.2 Å². The number of hydrogen-bond acceptors (Lipinski definition) is 3. The van der Waals surface area contributed by atoms with Gasteiger partial charge in [-0.3, -0.25) is 9.59 Å². The molecule has 0 aromatic carbocycles. The number of carbonyl (C=O) groups is 2. The van der Waals surface area contributed by atoms with Crippen molar-refractivity contribution in [2.75, 3.05) is 12.5 Å². The highest BCUT2D eigenvalue weighted by Gasteiger charge is 2.13. The summed E-state index contributed by atoms with van der Waals surface area (Å²) in [6.45, 7) is 2.17. The molecular formula is C10H16Cl2O3. The van der Waals surface area contributed by atoms with Gasteiger partial charge in [0.15, 0.2) is 5.78 Å². The molecule has 0 aliphatic carbocycles. The number of alkyl halides is 2. The average molecular weight is 255 g/mol. The highest BCUT2D eigenvalue weighted by molar-refractivity contribution is 6.38. The van der Waals surface area contributed by atoms with Gasteiger partial charge < -0.3 is 4.74 Å². The maximum absolute atomic E-state index is 11.0. The highest BCUT2D eigenvalue weighted by Crippen LogP contribution is 2.11. The second kappa shape index (κ2) is 8.98. The third-order valence-corrected chi connectivity index (χ3v) is 2.60. The summed E-state index contributed by atoms with van der Waals surface area (Å²) in [5.41, 5.74) is 0. The zero-order valence-corrected chi connectivity index (χ0v) is 10.3. The van der Waals surface area contributed by atoms with Gasteiger partial charge in [-0.2, -0.15) is 0 Å². The van der Waals surface area contributed by atoms with Gasteiger partial charge in [-0.1, -0.05) is 6.42 Å². The van der Waals surface area contributed by atoms with Crippen LogP contribution in [0.25, 0.3) is 0 Å². The minimum Gasteiger partial charge on any atom is -0.466 e. The predicted molar refractivity (Wildman–Crippen MR) is 60.5 cm³/mol. The topological polar surface area (TPSA) is 43.4 Å². The lowest BCUT2D eigenvalue weighted by Crippen LogP contribution is -2.15. The molecule has 0 heterocycles. The van der Waals surface area contributed by atoms with Crippen molar-refractivity contribution in [2.45, 2.75) is 38.0 Å². The van der Waals surface area contributed by atoms with E-state index in [2.05, 4.69) is 0 Å². The second-order valence-corrected chi connectivity index (χ2v) is 3.91. The third kappa shape index (κ3) is 7.63. The van der Waals surface area contributed by atoms with Crippen LogP contribution in [0, 0.1) is 0 Å². The van der Waals surface area contributed by atoms with Gasteiger partial charge in [0, 0.05) is 6.42 Å². The summed E-state index contributed by atoms with van der Waals surface area (Å²) in [5.74, 6) is -0.409. The van der Waals surface area contributed by atoms with E-state index in [9.17, 15) is 9.59 Å². The van der Waals surface area contributed by atoms with Crippen LogP contribution >= 0.6 is 23.2 Å². The van der Waals surface area contributed by atoms with E-state index in [0.717, 1.165) is 6.42 Å². The predicted octanol–water partition coefficient (Wildman–Crippen LogP) is 2.53. The first-order valence-electron chi connectivity index (χ1n) is 5.00. The van der Waals surface area contributed by atoms with Gasteiger partial charge >= 0.3 is 5.97 Å². The summed E-state index contributed by atoms with van der Waals surface area (Å²) in [7, 11) is 0. The molecule has 15 heavy (non-hydrogen) atoms. The molecule has 88 valence electrons. The summed E-state index contributed by atoms with van der Waals surface area (Å²) < 4.78 is 4.76. The van der Waals surface area contributed by atoms with Crippen LogP contribution in [0.3, 0.4) is 0 Å². The number of hydrogen-bond donors (Lipinski definition) is 0. The number of ether oxygens (including phenoxy) is 1. The van der Waals surface area contributed by atoms with Crippen molar-refractivity contribution in [3.8, 4) is 0 Å². The number of esters is 1. The summed E-state index contributed by atoms with van der Waals surface area (Å²) in [4.78, 5) is 21.9. The quantitative estimate of drug-likeness (QED) is 0.380. The second-order valence-electron chi connectivity index (χ2n) is 3.12. The Balaban J connectivity index is 3.46. The van der Waals surface area contributed by atoms with Gasteiger partial charge in [0.2, 0.25) is 0 Å². The van der Waals surface area contributed by atoms with Gasteiger partial charge in [0.05, 0.1) is 17.9 Å². The molecule has 0 aromatic rings. The minimum atomic E-state index is -0.523. The Morgan fingerprint density at radius 1 is 1.33 bits per heavy atom. The molecule has 0 N–H and O–H groups in total. The number of rotatable bonds is 8. The Labute approximate surface area is 100 Å².